The number of hydrogen-bond donors (Lipinski definition) is 1. The van der Waals surface area contributed by atoms with Gasteiger partial charge in [0.15, 0.2) is 0 Å². The zero-order valence-electron chi connectivity index (χ0n) is 5.78. The molecule has 0 saturated heterocycles. The number of aromatic nitrogens is 2. The molecule has 3 heteroatoms. The summed E-state index contributed by atoms with van der Waals surface area (Å²) in [5.74, 6) is 0. The number of nitrogens with two attached hydrogens (primary N) is 1. The molecule has 0 aliphatic rings. The highest BCUT2D eigenvalue weighted by molar-refractivity contribution is 5.58. The van der Waals surface area contributed by atoms with Crippen molar-refractivity contribution >= 4 is 5.57 Å². The topological polar surface area (TPSA) is 51.8 Å². The molecule has 0 unspecified atom stereocenters. The number of allylic oxidation sites excluding steroid dienone is 1. The minimum absolute atomic E-state index is 0.873. The Morgan fingerprint density at radius 1 is 1.70 bits per heavy atom. The number of nitrogens with zero attached hydrogens (tertiary/aromatic N) is 2. The summed E-state index contributed by atoms with van der Waals surface area (Å²) in [6, 6.07) is 1.82. The van der Waals surface area contributed by atoms with Crippen molar-refractivity contribution in [3.63, 3.8) is 0 Å². The fourth-order valence-corrected chi connectivity index (χ4v) is 0.609. The Morgan fingerprint density at radius 3 is 3.00 bits per heavy atom. The molecule has 3 nitrogen and oxygen atoms in total. The van der Waals surface area contributed by atoms with Gasteiger partial charge in [-0.25, -0.2) is 9.97 Å². The SMILES string of the molecule is CC(=CN)c1ccncn1. The van der Waals surface area contributed by atoms with Crippen LogP contribution in [0.4, 0.5) is 0 Å². The Morgan fingerprint density at radius 2 is 2.50 bits per heavy atom. The summed E-state index contributed by atoms with van der Waals surface area (Å²) in [6.45, 7) is 1.91. The van der Waals surface area contributed by atoms with Gasteiger partial charge >= 0.3 is 0 Å². The monoisotopic (exact) mass is 135 g/mol. The number of hydrogen-bond acceptors (Lipinski definition) is 3. The largest absolute Gasteiger partial charge is 0.404 e. The highest BCUT2D eigenvalue weighted by atomic mass is 14.8. The van der Waals surface area contributed by atoms with Gasteiger partial charge < -0.3 is 5.73 Å². The molecule has 52 valence electrons. The van der Waals surface area contributed by atoms with Crippen LogP contribution >= 0.6 is 0 Å². The summed E-state index contributed by atoms with van der Waals surface area (Å²) in [5, 5.41) is 0. The molecule has 1 rings (SSSR count). The van der Waals surface area contributed by atoms with Crippen molar-refractivity contribution in [3.05, 3.63) is 30.5 Å². The molecule has 2 N–H and O–H groups in total. The predicted octanol–water partition coefficient (Wildman–Crippen LogP) is 0.796. The summed E-state index contributed by atoms with van der Waals surface area (Å²) < 4.78 is 0. The lowest BCUT2D eigenvalue weighted by Gasteiger charge is -1.95. The van der Waals surface area contributed by atoms with Crippen LogP contribution in [-0.4, -0.2) is 9.97 Å². The fourth-order valence-electron chi connectivity index (χ4n) is 0.609. The van der Waals surface area contributed by atoms with Crippen molar-refractivity contribution in [2.45, 2.75) is 6.92 Å². The van der Waals surface area contributed by atoms with Crippen LogP contribution < -0.4 is 5.73 Å². The van der Waals surface area contributed by atoms with E-state index in [1.54, 1.807) is 6.20 Å². The average Bonchev–Trinajstić information content (AvgIpc) is 2.05. The van der Waals surface area contributed by atoms with Crippen molar-refractivity contribution < 1.29 is 0 Å². The van der Waals surface area contributed by atoms with Gasteiger partial charge in [-0.05, 0) is 24.8 Å². The standard InChI is InChI=1S/C7H9N3/c1-6(4-8)7-2-3-9-5-10-7/h2-5H,8H2,1H3. The lowest BCUT2D eigenvalue weighted by Crippen LogP contribution is -1.88. The first-order valence-electron chi connectivity index (χ1n) is 2.99. The van der Waals surface area contributed by atoms with Crippen LogP contribution in [0.5, 0.6) is 0 Å². The van der Waals surface area contributed by atoms with Crippen LogP contribution in [0, 0.1) is 0 Å². The lowest BCUT2D eigenvalue weighted by atomic mass is 10.2. The third-order valence-electron chi connectivity index (χ3n) is 1.24. The van der Waals surface area contributed by atoms with E-state index in [1.807, 2.05) is 13.0 Å². The summed E-state index contributed by atoms with van der Waals surface area (Å²) in [5.41, 5.74) is 7.11. The van der Waals surface area contributed by atoms with Gasteiger partial charge in [0.05, 0.1) is 5.69 Å². The highest BCUT2D eigenvalue weighted by Crippen LogP contribution is 2.05. The van der Waals surface area contributed by atoms with Gasteiger partial charge in [0, 0.05) is 6.20 Å². The smallest absolute Gasteiger partial charge is 0.116 e. The van der Waals surface area contributed by atoms with E-state index in [2.05, 4.69) is 9.97 Å². The van der Waals surface area contributed by atoms with Gasteiger partial charge in [0.25, 0.3) is 0 Å². The zero-order valence-corrected chi connectivity index (χ0v) is 5.78. The van der Waals surface area contributed by atoms with E-state index in [1.165, 1.54) is 12.5 Å². The van der Waals surface area contributed by atoms with E-state index in [9.17, 15) is 0 Å². The Bertz CT molecular complexity index is 228. The molecule has 0 bridgehead atoms. The van der Waals surface area contributed by atoms with E-state index < -0.39 is 0 Å². The molecule has 1 aromatic rings. The summed E-state index contributed by atoms with van der Waals surface area (Å²) in [7, 11) is 0. The van der Waals surface area contributed by atoms with Crippen LogP contribution in [0.25, 0.3) is 5.57 Å². The predicted molar refractivity (Wildman–Crippen MR) is 39.9 cm³/mol. The first-order chi connectivity index (χ1) is 4.84. The second-order valence-corrected chi connectivity index (χ2v) is 1.94. The normalized spacial score (nSPS) is 11.5. The molecule has 0 aliphatic carbocycles. The Balaban J connectivity index is 2.96. The van der Waals surface area contributed by atoms with Gasteiger partial charge in [-0.2, -0.15) is 0 Å². The maximum atomic E-state index is 5.28. The van der Waals surface area contributed by atoms with Gasteiger partial charge in [-0.3, -0.25) is 0 Å². The van der Waals surface area contributed by atoms with Crippen LogP contribution in [0.3, 0.4) is 0 Å². The van der Waals surface area contributed by atoms with Crippen LogP contribution in [-0.2, 0) is 0 Å². The minimum Gasteiger partial charge on any atom is -0.404 e. The quantitative estimate of drug-likeness (QED) is 0.619. The third kappa shape index (κ3) is 1.31. The average molecular weight is 135 g/mol. The second-order valence-electron chi connectivity index (χ2n) is 1.94. The van der Waals surface area contributed by atoms with Gasteiger partial charge in [0.2, 0.25) is 0 Å². The molecule has 0 atom stereocenters. The Kier molecular flexibility index (Phi) is 1.99. The van der Waals surface area contributed by atoms with Crippen molar-refractivity contribution in [3.8, 4) is 0 Å². The maximum absolute atomic E-state index is 5.28. The Hall–Kier alpha value is -1.38. The molecule has 0 spiro atoms. The molecule has 0 aromatic carbocycles. The molecular weight excluding hydrogens is 126 g/mol. The van der Waals surface area contributed by atoms with E-state index in [-0.39, 0.29) is 0 Å². The van der Waals surface area contributed by atoms with E-state index in [4.69, 9.17) is 5.73 Å². The van der Waals surface area contributed by atoms with Crippen molar-refractivity contribution in [2.75, 3.05) is 0 Å². The summed E-state index contributed by atoms with van der Waals surface area (Å²) >= 11 is 0. The van der Waals surface area contributed by atoms with E-state index in [0.29, 0.717) is 0 Å². The summed E-state index contributed by atoms with van der Waals surface area (Å²) in [4.78, 5) is 7.77. The lowest BCUT2D eigenvalue weighted by molar-refractivity contribution is 1.14. The van der Waals surface area contributed by atoms with E-state index >= 15 is 0 Å². The maximum Gasteiger partial charge on any atom is 0.116 e. The zero-order chi connectivity index (χ0) is 7.40. The first kappa shape index (κ1) is 6.74. The van der Waals surface area contributed by atoms with E-state index in [0.717, 1.165) is 11.3 Å². The van der Waals surface area contributed by atoms with Crippen LogP contribution in [0.2, 0.25) is 0 Å². The third-order valence-corrected chi connectivity index (χ3v) is 1.24. The molecule has 0 aliphatic heterocycles. The second kappa shape index (κ2) is 2.96. The first-order valence-corrected chi connectivity index (χ1v) is 2.99. The van der Waals surface area contributed by atoms with Crippen molar-refractivity contribution in [1.29, 1.82) is 0 Å². The minimum atomic E-state index is 0.873. The molecule has 1 aromatic heterocycles. The van der Waals surface area contributed by atoms with Gasteiger partial charge in [0.1, 0.15) is 6.33 Å². The van der Waals surface area contributed by atoms with Gasteiger partial charge in [-0.15, -0.1) is 0 Å². The highest BCUT2D eigenvalue weighted by Gasteiger charge is 1.91. The molecule has 10 heavy (non-hydrogen) atoms. The number of rotatable bonds is 1. The molecule has 1 heterocycles. The molecular formula is C7H9N3. The summed E-state index contributed by atoms with van der Waals surface area (Å²) in [6.07, 6.45) is 4.72. The Labute approximate surface area is 59.6 Å². The van der Waals surface area contributed by atoms with Crippen LogP contribution in [0.1, 0.15) is 12.6 Å². The van der Waals surface area contributed by atoms with Gasteiger partial charge in [-0.1, -0.05) is 0 Å². The molecule has 0 fully saturated rings. The van der Waals surface area contributed by atoms with Crippen molar-refractivity contribution in [2.24, 2.45) is 5.73 Å². The molecule has 0 amide bonds. The molecule has 0 radical (unpaired) electrons. The fraction of sp³-hybridized carbons (Fsp3) is 0.143. The van der Waals surface area contributed by atoms with Crippen LogP contribution in [0.15, 0.2) is 24.8 Å². The molecule has 0 saturated carbocycles. The van der Waals surface area contributed by atoms with Crippen molar-refractivity contribution in [1.82, 2.24) is 9.97 Å².